The lowest BCUT2D eigenvalue weighted by molar-refractivity contribution is -0.152. The Hall–Kier alpha value is -1.00. The van der Waals surface area contributed by atoms with Crippen LogP contribution in [0.5, 0.6) is 0 Å². The van der Waals surface area contributed by atoms with Crippen molar-refractivity contribution in [3.05, 3.63) is 11.6 Å². The van der Waals surface area contributed by atoms with Crippen molar-refractivity contribution in [2.45, 2.75) is 64.6 Å². The van der Waals surface area contributed by atoms with Crippen molar-refractivity contribution in [3.8, 4) is 0 Å². The molecule has 4 heteroatoms. The van der Waals surface area contributed by atoms with Crippen molar-refractivity contribution in [2.75, 3.05) is 0 Å². The van der Waals surface area contributed by atoms with Crippen molar-refractivity contribution in [1.82, 2.24) is 0 Å². The maximum atomic E-state index is 13.1. The summed E-state index contributed by atoms with van der Waals surface area (Å²) in [5, 5.41) is 21.1. The second-order valence-corrected chi connectivity index (χ2v) is 8.73. The quantitative estimate of drug-likeness (QED) is 0.717. The van der Waals surface area contributed by atoms with Crippen LogP contribution in [0.3, 0.4) is 0 Å². The zero-order valence-corrected chi connectivity index (χ0v) is 13.9. The van der Waals surface area contributed by atoms with Crippen LogP contribution in [0.4, 0.5) is 0 Å². The van der Waals surface area contributed by atoms with E-state index in [0.717, 1.165) is 18.4 Å². The first-order valence-corrected chi connectivity index (χ1v) is 8.91. The van der Waals surface area contributed by atoms with E-state index < -0.39 is 12.2 Å². The molecule has 0 saturated heterocycles. The lowest BCUT2D eigenvalue weighted by atomic mass is 9.46. The highest BCUT2D eigenvalue weighted by Crippen LogP contribution is 2.64. The van der Waals surface area contributed by atoms with E-state index in [1.807, 2.05) is 6.92 Å². The van der Waals surface area contributed by atoms with E-state index in [-0.39, 0.29) is 34.2 Å². The monoisotopic (exact) mass is 318 g/mol. The molecule has 4 aliphatic carbocycles. The Balaban J connectivity index is 1.79. The van der Waals surface area contributed by atoms with Crippen LogP contribution in [0.2, 0.25) is 0 Å². The number of aliphatic hydroxyl groups excluding tert-OH is 2. The third kappa shape index (κ3) is 1.91. The molecule has 23 heavy (non-hydrogen) atoms. The first-order chi connectivity index (χ1) is 10.8. The van der Waals surface area contributed by atoms with E-state index in [9.17, 15) is 19.8 Å². The number of fused-ring (bicyclic) bond motifs is 5. The van der Waals surface area contributed by atoms with Crippen LogP contribution in [0.25, 0.3) is 0 Å². The fourth-order valence-corrected chi connectivity index (χ4v) is 6.41. The molecule has 0 aromatic heterocycles. The Morgan fingerprint density at radius 1 is 1.17 bits per heavy atom. The maximum absolute atomic E-state index is 13.1. The molecular formula is C19H26O4. The first kappa shape index (κ1) is 15.5. The lowest BCUT2D eigenvalue weighted by Gasteiger charge is -2.57. The molecule has 0 amide bonds. The average Bonchev–Trinajstić information content (AvgIpc) is 2.76. The number of carbonyl (C=O) groups excluding carboxylic acids is 2. The van der Waals surface area contributed by atoms with Gasteiger partial charge in [-0.3, -0.25) is 9.59 Å². The minimum atomic E-state index is -0.626. The van der Waals surface area contributed by atoms with Gasteiger partial charge in [0.2, 0.25) is 0 Å². The number of carbonyl (C=O) groups is 2. The largest absolute Gasteiger partial charge is 0.393 e. The normalized spacial score (nSPS) is 52.5. The predicted molar refractivity (Wildman–Crippen MR) is 84.5 cm³/mol. The Bertz CT molecular complexity index is 608. The SMILES string of the molecule is C[C@]12CC(=O)[C@H]3[C@@H](CC(O)C4=CC(=O)CC[C@@]43C)[C@@H]1CC[C@@H]2O. The predicted octanol–water partition coefficient (Wildman–Crippen LogP) is 2.03. The van der Waals surface area contributed by atoms with E-state index in [2.05, 4.69) is 6.92 Å². The minimum Gasteiger partial charge on any atom is -0.393 e. The Morgan fingerprint density at radius 3 is 2.65 bits per heavy atom. The Labute approximate surface area is 137 Å². The van der Waals surface area contributed by atoms with Crippen LogP contribution in [0, 0.1) is 28.6 Å². The van der Waals surface area contributed by atoms with E-state index >= 15 is 0 Å². The third-order valence-electron chi connectivity index (χ3n) is 7.61. The number of hydrogen-bond acceptors (Lipinski definition) is 4. The second kappa shape index (κ2) is 4.76. The van der Waals surface area contributed by atoms with Crippen molar-refractivity contribution in [2.24, 2.45) is 28.6 Å². The molecule has 126 valence electrons. The number of rotatable bonds is 0. The number of hydrogen-bond donors (Lipinski definition) is 2. The van der Waals surface area contributed by atoms with Gasteiger partial charge in [0.15, 0.2) is 5.78 Å². The highest BCUT2D eigenvalue weighted by atomic mass is 16.3. The standard InChI is InChI=1S/C19H26O4/c1-18-6-5-10(20)7-13(18)14(21)8-11-12-3-4-16(23)19(12,2)9-15(22)17(11)18/h7,11-12,14,16-17,21,23H,3-6,8-9H2,1-2H3/t11-,12-,14?,16-,17+,18-,19-/m0/s1. The summed E-state index contributed by atoms with van der Waals surface area (Å²) in [5.74, 6) is 0.618. The van der Waals surface area contributed by atoms with Crippen LogP contribution in [-0.4, -0.2) is 34.0 Å². The van der Waals surface area contributed by atoms with Crippen LogP contribution in [0.15, 0.2) is 11.6 Å². The highest BCUT2D eigenvalue weighted by Gasteiger charge is 2.63. The summed E-state index contributed by atoms with van der Waals surface area (Å²) in [5.41, 5.74) is 0.0629. The number of ketones is 2. The summed E-state index contributed by atoms with van der Waals surface area (Å²) >= 11 is 0. The van der Waals surface area contributed by atoms with Gasteiger partial charge in [0, 0.05) is 29.6 Å². The van der Waals surface area contributed by atoms with Gasteiger partial charge in [-0.15, -0.1) is 0 Å². The molecule has 3 saturated carbocycles. The summed E-state index contributed by atoms with van der Waals surface area (Å²) < 4.78 is 0. The summed E-state index contributed by atoms with van der Waals surface area (Å²) in [6.07, 6.45) is 4.38. The summed E-state index contributed by atoms with van der Waals surface area (Å²) in [4.78, 5) is 24.9. The number of Topliss-reactive ketones (excluding diaryl/α,β-unsaturated/α-hetero) is 1. The first-order valence-electron chi connectivity index (χ1n) is 8.91. The molecule has 2 N–H and O–H groups in total. The Kier molecular flexibility index (Phi) is 3.21. The van der Waals surface area contributed by atoms with Gasteiger partial charge < -0.3 is 10.2 Å². The molecule has 0 bridgehead atoms. The molecule has 0 radical (unpaired) electrons. The van der Waals surface area contributed by atoms with Crippen LogP contribution >= 0.6 is 0 Å². The summed E-state index contributed by atoms with van der Waals surface area (Å²) in [6.45, 7) is 4.12. The van der Waals surface area contributed by atoms with Crippen molar-refractivity contribution in [1.29, 1.82) is 0 Å². The summed E-state index contributed by atoms with van der Waals surface area (Å²) in [7, 11) is 0. The van der Waals surface area contributed by atoms with E-state index in [1.165, 1.54) is 0 Å². The smallest absolute Gasteiger partial charge is 0.155 e. The molecule has 4 rings (SSSR count). The van der Waals surface area contributed by atoms with E-state index in [4.69, 9.17) is 0 Å². The molecule has 4 aliphatic rings. The molecule has 1 unspecified atom stereocenters. The van der Waals surface area contributed by atoms with Crippen molar-refractivity contribution in [3.63, 3.8) is 0 Å². The van der Waals surface area contributed by atoms with E-state index in [1.54, 1.807) is 6.08 Å². The van der Waals surface area contributed by atoms with Gasteiger partial charge in [-0.1, -0.05) is 13.8 Å². The molecule has 4 nitrogen and oxygen atoms in total. The van der Waals surface area contributed by atoms with Gasteiger partial charge >= 0.3 is 0 Å². The zero-order valence-electron chi connectivity index (χ0n) is 13.9. The number of aliphatic hydroxyl groups is 2. The lowest BCUT2D eigenvalue weighted by Crippen LogP contribution is -2.58. The van der Waals surface area contributed by atoms with Gasteiger partial charge in [-0.2, -0.15) is 0 Å². The zero-order chi connectivity index (χ0) is 16.6. The van der Waals surface area contributed by atoms with Gasteiger partial charge in [0.05, 0.1) is 12.2 Å². The summed E-state index contributed by atoms with van der Waals surface area (Å²) in [6, 6.07) is 0. The molecule has 7 atom stereocenters. The minimum absolute atomic E-state index is 0.0689. The molecule has 0 heterocycles. The van der Waals surface area contributed by atoms with Gasteiger partial charge in [0.25, 0.3) is 0 Å². The third-order valence-corrected chi connectivity index (χ3v) is 7.61. The van der Waals surface area contributed by atoms with Crippen molar-refractivity contribution < 1.29 is 19.8 Å². The molecule has 0 aromatic carbocycles. The van der Waals surface area contributed by atoms with Crippen LogP contribution in [0.1, 0.15) is 52.4 Å². The Morgan fingerprint density at radius 2 is 1.91 bits per heavy atom. The molecule has 3 fully saturated rings. The molecule has 0 aliphatic heterocycles. The van der Waals surface area contributed by atoms with Gasteiger partial charge in [-0.05, 0) is 49.2 Å². The van der Waals surface area contributed by atoms with E-state index in [0.29, 0.717) is 31.6 Å². The fourth-order valence-electron chi connectivity index (χ4n) is 6.41. The van der Waals surface area contributed by atoms with Gasteiger partial charge in [0.1, 0.15) is 5.78 Å². The topological polar surface area (TPSA) is 74.6 Å². The molecule has 0 spiro atoms. The second-order valence-electron chi connectivity index (χ2n) is 8.73. The molecule has 0 aromatic rings. The van der Waals surface area contributed by atoms with Crippen LogP contribution < -0.4 is 0 Å². The molecular weight excluding hydrogens is 292 g/mol. The van der Waals surface area contributed by atoms with Gasteiger partial charge in [-0.25, -0.2) is 0 Å². The maximum Gasteiger partial charge on any atom is 0.155 e. The van der Waals surface area contributed by atoms with Crippen LogP contribution in [-0.2, 0) is 9.59 Å². The van der Waals surface area contributed by atoms with Crippen molar-refractivity contribution >= 4 is 11.6 Å². The fraction of sp³-hybridized carbons (Fsp3) is 0.789. The average molecular weight is 318 g/mol. The highest BCUT2D eigenvalue weighted by molar-refractivity contribution is 5.93.